The third kappa shape index (κ3) is 3.24. The number of para-hydroxylation sites is 1. The van der Waals surface area contributed by atoms with Gasteiger partial charge in [-0.2, -0.15) is 4.31 Å². The zero-order valence-electron chi connectivity index (χ0n) is 11.7. The third-order valence-corrected chi connectivity index (χ3v) is 5.51. The van der Waals surface area contributed by atoms with E-state index < -0.39 is 10.0 Å². The largest absolute Gasteiger partial charge is 0.489 e. The minimum absolute atomic E-state index is 0.111. The van der Waals surface area contributed by atoms with E-state index in [0.29, 0.717) is 24.5 Å². The molecule has 0 unspecified atom stereocenters. The molecule has 1 atom stereocenters. The van der Waals surface area contributed by atoms with Crippen LogP contribution in [0, 0.1) is 0 Å². The molecule has 0 amide bonds. The van der Waals surface area contributed by atoms with Gasteiger partial charge in [0.1, 0.15) is 16.7 Å². The van der Waals surface area contributed by atoms with E-state index in [2.05, 4.69) is 4.98 Å². The fourth-order valence-corrected chi connectivity index (χ4v) is 4.10. The summed E-state index contributed by atoms with van der Waals surface area (Å²) in [7, 11) is -3.58. The summed E-state index contributed by atoms with van der Waals surface area (Å²) in [4.78, 5) is 3.95. The van der Waals surface area contributed by atoms with E-state index in [4.69, 9.17) is 16.3 Å². The second-order valence-electron chi connectivity index (χ2n) is 5.04. The average Bonchev–Trinajstić information content (AvgIpc) is 2.97. The normalized spacial score (nSPS) is 19.2. The van der Waals surface area contributed by atoms with E-state index in [-0.39, 0.29) is 11.0 Å². The number of halogens is 1. The maximum Gasteiger partial charge on any atom is 0.244 e. The molecule has 1 aromatic carbocycles. The van der Waals surface area contributed by atoms with Gasteiger partial charge in [0, 0.05) is 18.9 Å². The van der Waals surface area contributed by atoms with Crippen molar-refractivity contribution in [1.29, 1.82) is 0 Å². The van der Waals surface area contributed by atoms with E-state index in [0.717, 1.165) is 5.75 Å². The Hall–Kier alpha value is -1.63. The predicted molar refractivity (Wildman–Crippen MR) is 83.5 cm³/mol. The zero-order chi connectivity index (χ0) is 15.6. The minimum atomic E-state index is -3.58. The minimum Gasteiger partial charge on any atom is -0.489 e. The number of hydrogen-bond donors (Lipinski definition) is 0. The molecule has 1 aromatic heterocycles. The molecule has 2 aromatic rings. The highest BCUT2D eigenvalue weighted by molar-refractivity contribution is 7.89. The molecule has 0 aliphatic carbocycles. The molecule has 0 spiro atoms. The maximum atomic E-state index is 12.6. The monoisotopic (exact) mass is 338 g/mol. The first-order chi connectivity index (χ1) is 10.6. The van der Waals surface area contributed by atoms with Gasteiger partial charge in [0.25, 0.3) is 0 Å². The fraction of sp³-hybridized carbons (Fsp3) is 0.267. The van der Waals surface area contributed by atoms with Crippen LogP contribution in [-0.2, 0) is 10.0 Å². The topological polar surface area (TPSA) is 59.5 Å². The molecule has 1 aliphatic heterocycles. The van der Waals surface area contributed by atoms with Crippen LogP contribution in [0.3, 0.4) is 0 Å². The van der Waals surface area contributed by atoms with Crippen LogP contribution in [0.2, 0.25) is 5.02 Å². The van der Waals surface area contributed by atoms with E-state index in [1.54, 1.807) is 0 Å². The zero-order valence-corrected chi connectivity index (χ0v) is 13.3. The van der Waals surface area contributed by atoms with Gasteiger partial charge in [0.2, 0.25) is 10.0 Å². The second-order valence-corrected chi connectivity index (χ2v) is 7.42. The van der Waals surface area contributed by atoms with Crippen LogP contribution in [0.1, 0.15) is 6.42 Å². The first-order valence-corrected chi connectivity index (χ1v) is 8.70. The molecule has 22 heavy (non-hydrogen) atoms. The van der Waals surface area contributed by atoms with Crippen molar-refractivity contribution in [2.75, 3.05) is 13.1 Å². The van der Waals surface area contributed by atoms with Crippen molar-refractivity contribution in [3.8, 4) is 5.75 Å². The van der Waals surface area contributed by atoms with E-state index in [9.17, 15) is 8.42 Å². The standard InChI is InChI=1S/C15H15ClN2O3S/c16-12-8-15(10-17-9-12)22(19,20)18-7-6-14(11-18)21-13-4-2-1-3-5-13/h1-5,8-10,14H,6-7,11H2/t14-/m1/s1. The van der Waals surface area contributed by atoms with Gasteiger partial charge >= 0.3 is 0 Å². The molecule has 0 radical (unpaired) electrons. The molecule has 1 fully saturated rings. The summed E-state index contributed by atoms with van der Waals surface area (Å²) in [6.45, 7) is 0.746. The summed E-state index contributed by atoms with van der Waals surface area (Å²) in [5.74, 6) is 0.746. The molecule has 0 bridgehead atoms. The SMILES string of the molecule is O=S(=O)(c1cncc(Cl)c1)N1CC[C@@H](Oc2ccccc2)C1. The van der Waals surface area contributed by atoms with Crippen LogP contribution in [0.5, 0.6) is 5.75 Å². The van der Waals surface area contributed by atoms with Crippen molar-refractivity contribution < 1.29 is 13.2 Å². The van der Waals surface area contributed by atoms with Gasteiger partial charge in [-0.1, -0.05) is 29.8 Å². The Kier molecular flexibility index (Phi) is 4.33. The average molecular weight is 339 g/mol. The number of sulfonamides is 1. The lowest BCUT2D eigenvalue weighted by Crippen LogP contribution is -2.31. The second kappa shape index (κ2) is 6.24. The Morgan fingerprint density at radius 2 is 2.00 bits per heavy atom. The molecular formula is C15H15ClN2O3S. The van der Waals surface area contributed by atoms with Gasteiger partial charge in [-0.3, -0.25) is 4.98 Å². The lowest BCUT2D eigenvalue weighted by atomic mass is 10.3. The number of hydrogen-bond acceptors (Lipinski definition) is 4. The van der Waals surface area contributed by atoms with Gasteiger partial charge in [0.15, 0.2) is 0 Å². The van der Waals surface area contributed by atoms with Crippen LogP contribution in [0.25, 0.3) is 0 Å². The lowest BCUT2D eigenvalue weighted by molar-refractivity contribution is 0.215. The molecule has 0 N–H and O–H groups in total. The number of aromatic nitrogens is 1. The van der Waals surface area contributed by atoms with Gasteiger partial charge in [-0.25, -0.2) is 8.42 Å². The van der Waals surface area contributed by atoms with Gasteiger partial charge < -0.3 is 4.74 Å². The fourth-order valence-electron chi connectivity index (χ4n) is 2.39. The molecular weight excluding hydrogens is 324 g/mol. The smallest absolute Gasteiger partial charge is 0.244 e. The van der Waals surface area contributed by atoms with Gasteiger partial charge in [-0.05, 0) is 24.6 Å². The van der Waals surface area contributed by atoms with Gasteiger partial charge in [0.05, 0.1) is 11.6 Å². The van der Waals surface area contributed by atoms with Gasteiger partial charge in [-0.15, -0.1) is 0 Å². The van der Waals surface area contributed by atoms with Crippen LogP contribution in [-0.4, -0.2) is 36.9 Å². The van der Waals surface area contributed by atoms with Crippen LogP contribution >= 0.6 is 11.6 Å². The van der Waals surface area contributed by atoms with Crippen molar-refractivity contribution in [1.82, 2.24) is 9.29 Å². The third-order valence-electron chi connectivity index (χ3n) is 3.47. The molecule has 3 rings (SSSR count). The lowest BCUT2D eigenvalue weighted by Gasteiger charge is -2.17. The molecule has 116 valence electrons. The Labute approximate surface area is 134 Å². The van der Waals surface area contributed by atoms with Crippen LogP contribution in [0.4, 0.5) is 0 Å². The first kappa shape index (κ1) is 15.3. The van der Waals surface area contributed by atoms with E-state index in [1.807, 2.05) is 30.3 Å². The molecule has 0 saturated carbocycles. The predicted octanol–water partition coefficient (Wildman–Crippen LogP) is 2.58. The van der Waals surface area contributed by atoms with Crippen LogP contribution < -0.4 is 4.74 Å². The van der Waals surface area contributed by atoms with Crippen molar-refractivity contribution >= 4 is 21.6 Å². The summed E-state index contributed by atoms with van der Waals surface area (Å²) < 4.78 is 32.3. The summed E-state index contributed by atoms with van der Waals surface area (Å²) in [6, 6.07) is 10.8. The Balaban J connectivity index is 1.72. The summed E-state index contributed by atoms with van der Waals surface area (Å²) in [6.07, 6.45) is 3.23. The molecule has 2 heterocycles. The first-order valence-electron chi connectivity index (χ1n) is 6.88. The highest BCUT2D eigenvalue weighted by Gasteiger charge is 2.33. The Morgan fingerprint density at radius 1 is 1.23 bits per heavy atom. The van der Waals surface area contributed by atoms with Crippen molar-refractivity contribution in [2.45, 2.75) is 17.4 Å². The molecule has 7 heteroatoms. The van der Waals surface area contributed by atoms with Crippen molar-refractivity contribution in [2.24, 2.45) is 0 Å². The number of rotatable bonds is 4. The highest BCUT2D eigenvalue weighted by atomic mass is 35.5. The maximum absolute atomic E-state index is 12.6. The summed E-state index contributed by atoms with van der Waals surface area (Å²) in [5.41, 5.74) is 0. The molecule has 5 nitrogen and oxygen atoms in total. The molecule has 1 aliphatic rings. The van der Waals surface area contributed by atoms with Crippen LogP contribution in [0.15, 0.2) is 53.7 Å². The number of nitrogens with zero attached hydrogens (tertiary/aromatic N) is 2. The van der Waals surface area contributed by atoms with Crippen molar-refractivity contribution in [3.05, 3.63) is 53.8 Å². The molecule has 1 saturated heterocycles. The summed E-state index contributed by atoms with van der Waals surface area (Å²) >= 11 is 5.82. The van der Waals surface area contributed by atoms with Crippen molar-refractivity contribution in [3.63, 3.8) is 0 Å². The Bertz CT molecular complexity index is 752. The number of pyridine rings is 1. The highest BCUT2D eigenvalue weighted by Crippen LogP contribution is 2.24. The quantitative estimate of drug-likeness (QED) is 0.859. The number of benzene rings is 1. The van der Waals surface area contributed by atoms with E-state index >= 15 is 0 Å². The summed E-state index contributed by atoms with van der Waals surface area (Å²) in [5, 5.41) is 0.303. The Morgan fingerprint density at radius 3 is 2.73 bits per heavy atom. The number of ether oxygens (including phenoxy) is 1. The van der Waals surface area contributed by atoms with E-state index in [1.165, 1.54) is 22.8 Å².